The predicted molar refractivity (Wildman–Crippen MR) is 86.0 cm³/mol. The summed E-state index contributed by atoms with van der Waals surface area (Å²) >= 11 is 1.55. The van der Waals surface area contributed by atoms with Gasteiger partial charge in [0.1, 0.15) is 5.69 Å². The summed E-state index contributed by atoms with van der Waals surface area (Å²) in [6.07, 6.45) is 1.66. The van der Waals surface area contributed by atoms with Crippen LogP contribution in [0.2, 0.25) is 0 Å². The predicted octanol–water partition coefficient (Wildman–Crippen LogP) is 3.38. The topological polar surface area (TPSA) is 66.9 Å². The number of thiazole rings is 1. The van der Waals surface area contributed by atoms with E-state index in [0.29, 0.717) is 5.69 Å². The SMILES string of the molecule is CCNc1ccc(C(=O)Nc2ccc3ncsc3c2)nc1. The smallest absolute Gasteiger partial charge is 0.274 e. The summed E-state index contributed by atoms with van der Waals surface area (Å²) in [5, 5.41) is 5.99. The third kappa shape index (κ3) is 3.00. The van der Waals surface area contributed by atoms with Gasteiger partial charge in [-0.2, -0.15) is 0 Å². The molecule has 3 rings (SSSR count). The fourth-order valence-corrected chi connectivity index (χ4v) is 2.68. The Hall–Kier alpha value is -2.47. The summed E-state index contributed by atoms with van der Waals surface area (Å²) in [5.41, 5.74) is 4.76. The number of hydrogen-bond acceptors (Lipinski definition) is 5. The molecule has 1 amide bonds. The number of fused-ring (bicyclic) bond motifs is 1. The number of rotatable bonds is 4. The average Bonchev–Trinajstić information content (AvgIpc) is 2.96. The van der Waals surface area contributed by atoms with Crippen molar-refractivity contribution in [1.29, 1.82) is 0 Å². The van der Waals surface area contributed by atoms with Crippen LogP contribution in [0.1, 0.15) is 17.4 Å². The van der Waals surface area contributed by atoms with Crippen molar-refractivity contribution in [3.63, 3.8) is 0 Å². The molecule has 2 N–H and O–H groups in total. The molecule has 0 aliphatic carbocycles. The minimum absolute atomic E-state index is 0.220. The van der Waals surface area contributed by atoms with Gasteiger partial charge in [0.05, 0.1) is 27.6 Å². The molecular weight excluding hydrogens is 284 g/mol. The molecule has 21 heavy (non-hydrogen) atoms. The standard InChI is InChI=1S/C15H14N4OS/c1-2-16-11-4-6-13(17-8-11)15(20)19-10-3-5-12-14(7-10)21-9-18-12/h3-9,16H,2H2,1H3,(H,19,20). The first-order valence-corrected chi connectivity index (χ1v) is 7.49. The van der Waals surface area contributed by atoms with E-state index >= 15 is 0 Å². The molecule has 0 bridgehead atoms. The highest BCUT2D eigenvalue weighted by Crippen LogP contribution is 2.22. The van der Waals surface area contributed by atoms with Crippen molar-refractivity contribution >= 4 is 38.8 Å². The highest BCUT2D eigenvalue weighted by Gasteiger charge is 2.08. The minimum Gasteiger partial charge on any atom is -0.384 e. The van der Waals surface area contributed by atoms with Crippen LogP contribution in [0.15, 0.2) is 42.0 Å². The molecule has 106 valence electrons. The number of nitrogens with one attached hydrogen (secondary N) is 2. The van der Waals surface area contributed by atoms with Crippen molar-refractivity contribution in [3.05, 3.63) is 47.7 Å². The van der Waals surface area contributed by atoms with Crippen LogP contribution in [0, 0.1) is 0 Å². The Kier molecular flexibility index (Phi) is 3.79. The van der Waals surface area contributed by atoms with Gasteiger partial charge in [0, 0.05) is 12.2 Å². The number of anilines is 2. The van der Waals surface area contributed by atoms with Crippen LogP contribution in [-0.2, 0) is 0 Å². The molecule has 5 nitrogen and oxygen atoms in total. The molecule has 0 aliphatic heterocycles. The van der Waals surface area contributed by atoms with Crippen molar-refractivity contribution in [2.45, 2.75) is 6.92 Å². The van der Waals surface area contributed by atoms with Crippen molar-refractivity contribution < 1.29 is 4.79 Å². The molecule has 0 aliphatic rings. The molecular formula is C15H14N4OS. The van der Waals surface area contributed by atoms with E-state index in [-0.39, 0.29) is 5.91 Å². The van der Waals surface area contributed by atoms with Crippen molar-refractivity contribution in [2.75, 3.05) is 17.2 Å². The summed E-state index contributed by atoms with van der Waals surface area (Å²) < 4.78 is 1.04. The number of benzene rings is 1. The third-order valence-electron chi connectivity index (χ3n) is 2.97. The van der Waals surface area contributed by atoms with Crippen molar-refractivity contribution in [3.8, 4) is 0 Å². The lowest BCUT2D eigenvalue weighted by molar-refractivity contribution is 0.102. The summed E-state index contributed by atoms with van der Waals surface area (Å²) in [6, 6.07) is 9.20. The first-order chi connectivity index (χ1) is 10.3. The van der Waals surface area contributed by atoms with E-state index in [2.05, 4.69) is 20.6 Å². The van der Waals surface area contributed by atoms with Crippen LogP contribution in [0.5, 0.6) is 0 Å². The van der Waals surface area contributed by atoms with Crippen LogP contribution >= 0.6 is 11.3 Å². The number of aromatic nitrogens is 2. The maximum atomic E-state index is 12.2. The van der Waals surface area contributed by atoms with E-state index in [1.54, 1.807) is 29.1 Å². The zero-order chi connectivity index (χ0) is 14.7. The van der Waals surface area contributed by atoms with Gasteiger partial charge in [0.2, 0.25) is 0 Å². The van der Waals surface area contributed by atoms with Gasteiger partial charge in [-0.3, -0.25) is 4.79 Å². The Balaban J connectivity index is 1.75. The highest BCUT2D eigenvalue weighted by molar-refractivity contribution is 7.16. The van der Waals surface area contributed by atoms with Gasteiger partial charge in [-0.1, -0.05) is 0 Å². The van der Waals surface area contributed by atoms with Gasteiger partial charge in [0.15, 0.2) is 0 Å². The molecule has 2 heterocycles. The fourth-order valence-electron chi connectivity index (χ4n) is 1.96. The Labute approximate surface area is 126 Å². The van der Waals surface area contributed by atoms with Crippen LogP contribution < -0.4 is 10.6 Å². The Morgan fingerprint density at radius 1 is 1.19 bits per heavy atom. The Morgan fingerprint density at radius 3 is 2.81 bits per heavy atom. The van der Waals surface area contributed by atoms with Crippen LogP contribution in [0.25, 0.3) is 10.2 Å². The summed E-state index contributed by atoms with van der Waals surface area (Å²) in [6.45, 7) is 2.83. The second kappa shape index (κ2) is 5.88. The summed E-state index contributed by atoms with van der Waals surface area (Å²) in [7, 11) is 0. The largest absolute Gasteiger partial charge is 0.384 e. The van der Waals surface area contributed by atoms with E-state index < -0.39 is 0 Å². The van der Waals surface area contributed by atoms with E-state index in [1.165, 1.54) is 0 Å². The second-order valence-electron chi connectivity index (χ2n) is 4.45. The molecule has 0 spiro atoms. The molecule has 0 atom stereocenters. The van der Waals surface area contributed by atoms with Gasteiger partial charge in [0.25, 0.3) is 5.91 Å². The van der Waals surface area contributed by atoms with Gasteiger partial charge < -0.3 is 10.6 Å². The lowest BCUT2D eigenvalue weighted by atomic mass is 10.2. The summed E-state index contributed by atoms with van der Waals surface area (Å²) in [5.74, 6) is -0.220. The van der Waals surface area contributed by atoms with Gasteiger partial charge in [-0.15, -0.1) is 11.3 Å². The monoisotopic (exact) mass is 298 g/mol. The molecule has 0 saturated carbocycles. The zero-order valence-electron chi connectivity index (χ0n) is 11.5. The molecule has 2 aromatic heterocycles. The summed E-state index contributed by atoms with van der Waals surface area (Å²) in [4.78, 5) is 20.5. The highest BCUT2D eigenvalue weighted by atomic mass is 32.1. The average molecular weight is 298 g/mol. The number of carbonyl (C=O) groups excluding carboxylic acids is 1. The molecule has 6 heteroatoms. The van der Waals surface area contributed by atoms with E-state index in [4.69, 9.17) is 0 Å². The van der Waals surface area contributed by atoms with E-state index in [0.717, 1.165) is 28.1 Å². The van der Waals surface area contributed by atoms with Crippen LogP contribution in [0.3, 0.4) is 0 Å². The lowest BCUT2D eigenvalue weighted by Crippen LogP contribution is -2.13. The minimum atomic E-state index is -0.220. The first kappa shape index (κ1) is 13.5. The Morgan fingerprint density at radius 2 is 2.05 bits per heavy atom. The number of nitrogens with zero attached hydrogens (tertiary/aromatic N) is 2. The van der Waals surface area contributed by atoms with E-state index in [9.17, 15) is 4.79 Å². The first-order valence-electron chi connectivity index (χ1n) is 6.61. The van der Waals surface area contributed by atoms with Crippen molar-refractivity contribution in [1.82, 2.24) is 9.97 Å². The number of amides is 1. The van der Waals surface area contributed by atoms with Crippen LogP contribution in [0.4, 0.5) is 11.4 Å². The number of pyridine rings is 1. The van der Waals surface area contributed by atoms with Crippen molar-refractivity contribution in [2.24, 2.45) is 0 Å². The number of hydrogen-bond donors (Lipinski definition) is 2. The molecule has 3 aromatic rings. The fraction of sp³-hybridized carbons (Fsp3) is 0.133. The maximum absolute atomic E-state index is 12.2. The zero-order valence-corrected chi connectivity index (χ0v) is 12.3. The quantitative estimate of drug-likeness (QED) is 0.775. The second-order valence-corrected chi connectivity index (χ2v) is 5.34. The van der Waals surface area contributed by atoms with Crippen LogP contribution in [-0.4, -0.2) is 22.4 Å². The molecule has 1 aromatic carbocycles. The van der Waals surface area contributed by atoms with E-state index in [1.807, 2.05) is 31.2 Å². The van der Waals surface area contributed by atoms with Gasteiger partial charge in [-0.25, -0.2) is 9.97 Å². The van der Waals surface area contributed by atoms with Gasteiger partial charge in [-0.05, 0) is 37.3 Å². The molecule has 0 radical (unpaired) electrons. The third-order valence-corrected chi connectivity index (χ3v) is 3.76. The molecule has 0 saturated heterocycles. The molecule has 0 unspecified atom stereocenters. The van der Waals surface area contributed by atoms with Gasteiger partial charge >= 0.3 is 0 Å². The molecule has 0 fully saturated rings. The number of carbonyl (C=O) groups is 1. The normalized spacial score (nSPS) is 10.5. The maximum Gasteiger partial charge on any atom is 0.274 e. The lowest BCUT2D eigenvalue weighted by Gasteiger charge is -2.06. The Bertz CT molecular complexity index is 767.